The summed E-state index contributed by atoms with van der Waals surface area (Å²) in [6.45, 7) is 8.21. The van der Waals surface area contributed by atoms with Crippen molar-refractivity contribution in [2.45, 2.75) is 40.5 Å². The molecule has 0 aliphatic heterocycles. The molecule has 0 spiro atoms. The molecule has 7 nitrogen and oxygen atoms in total. The van der Waals surface area contributed by atoms with E-state index in [0.29, 0.717) is 46.7 Å². The van der Waals surface area contributed by atoms with Crippen molar-refractivity contribution in [3.8, 4) is 23.0 Å². The first-order valence-corrected chi connectivity index (χ1v) is 11.0. The van der Waals surface area contributed by atoms with Crippen LogP contribution in [0.15, 0.2) is 36.4 Å². The van der Waals surface area contributed by atoms with Crippen molar-refractivity contribution < 1.29 is 41.7 Å². The van der Waals surface area contributed by atoms with Crippen LogP contribution in [-0.2, 0) is 15.9 Å². The third-order valence-corrected chi connectivity index (χ3v) is 5.02. The Morgan fingerprint density at radius 1 is 1.00 bits per heavy atom. The van der Waals surface area contributed by atoms with Crippen LogP contribution in [0.3, 0.4) is 0 Å². The molecule has 188 valence electrons. The monoisotopic (exact) mass is 493 g/mol. The predicted octanol–water partition coefficient (Wildman–Crippen LogP) is 6.66. The molecule has 0 aliphatic carbocycles. The van der Waals surface area contributed by atoms with Crippen molar-refractivity contribution in [3.05, 3.63) is 53.2 Å². The summed E-state index contributed by atoms with van der Waals surface area (Å²) in [5, 5.41) is 0.527. The van der Waals surface area contributed by atoms with Gasteiger partial charge in [-0.2, -0.15) is 0 Å². The maximum absolute atomic E-state index is 12.4. The molecule has 3 aromatic rings. The van der Waals surface area contributed by atoms with Gasteiger partial charge in [-0.25, -0.2) is 4.79 Å². The number of hydrogen-bond donors (Lipinski definition) is 0. The molecular weight excluding hydrogens is 467 g/mol. The van der Waals surface area contributed by atoms with E-state index in [1.54, 1.807) is 19.1 Å². The molecular formula is C25H26F3NO6. The molecule has 0 aliphatic rings. The lowest BCUT2D eigenvalue weighted by atomic mass is 10.0. The molecule has 0 N–H and O–H groups in total. The number of pyridine rings is 1. The van der Waals surface area contributed by atoms with Crippen LogP contribution in [0.2, 0.25) is 0 Å². The molecule has 35 heavy (non-hydrogen) atoms. The second-order valence-electron chi connectivity index (χ2n) is 7.52. The summed E-state index contributed by atoms with van der Waals surface area (Å²) in [6.07, 6.45) is -5.02. The average molecular weight is 493 g/mol. The van der Waals surface area contributed by atoms with Gasteiger partial charge in [0.1, 0.15) is 29.6 Å². The Hall–Kier alpha value is -3.53. The van der Waals surface area contributed by atoms with Gasteiger partial charge < -0.3 is 23.7 Å². The van der Waals surface area contributed by atoms with Gasteiger partial charge in [0.25, 0.3) is 0 Å². The predicted molar refractivity (Wildman–Crippen MR) is 122 cm³/mol. The van der Waals surface area contributed by atoms with Crippen LogP contribution in [0, 0.1) is 13.8 Å². The number of aryl methyl sites for hydroxylation is 2. The van der Waals surface area contributed by atoms with Gasteiger partial charge in [0, 0.05) is 23.3 Å². The summed E-state index contributed by atoms with van der Waals surface area (Å²) < 4.78 is 62.8. The molecule has 0 unspecified atom stereocenters. The van der Waals surface area contributed by atoms with Crippen molar-refractivity contribution in [3.63, 3.8) is 0 Å². The number of fused-ring (bicyclic) bond motifs is 1. The van der Waals surface area contributed by atoms with Gasteiger partial charge >= 0.3 is 12.5 Å². The second kappa shape index (κ2) is 11.3. The van der Waals surface area contributed by atoms with E-state index < -0.39 is 12.5 Å². The van der Waals surface area contributed by atoms with Crippen LogP contribution >= 0.6 is 0 Å². The molecule has 0 amide bonds. The van der Waals surface area contributed by atoms with E-state index >= 15 is 0 Å². The molecule has 1 heterocycles. The van der Waals surface area contributed by atoms with Gasteiger partial charge in [-0.1, -0.05) is 6.92 Å². The van der Waals surface area contributed by atoms with E-state index in [4.69, 9.17) is 18.9 Å². The first kappa shape index (κ1) is 26.1. The fraction of sp³-hybridized carbons (Fsp3) is 0.360. The first-order valence-electron chi connectivity index (χ1n) is 11.0. The van der Waals surface area contributed by atoms with Gasteiger partial charge in [0.05, 0.1) is 12.1 Å². The number of aromatic nitrogens is 1. The number of nitrogens with zero attached hydrogens (tertiary/aromatic N) is 1. The minimum Gasteiger partial charge on any atom is -0.457 e. The lowest BCUT2D eigenvalue weighted by Crippen LogP contribution is -2.16. The lowest BCUT2D eigenvalue weighted by Gasteiger charge is -2.16. The summed E-state index contributed by atoms with van der Waals surface area (Å²) in [4.78, 5) is 17.0. The fourth-order valence-electron chi connectivity index (χ4n) is 3.37. The van der Waals surface area contributed by atoms with Crippen LogP contribution < -0.4 is 14.2 Å². The Kier molecular flexibility index (Phi) is 8.39. The van der Waals surface area contributed by atoms with Gasteiger partial charge in [-0.3, -0.25) is 4.98 Å². The zero-order valence-corrected chi connectivity index (χ0v) is 19.8. The van der Waals surface area contributed by atoms with Crippen molar-refractivity contribution in [1.82, 2.24) is 4.98 Å². The summed E-state index contributed by atoms with van der Waals surface area (Å²) in [5.74, 6) is 0.661. The zero-order valence-electron chi connectivity index (χ0n) is 19.8. The smallest absolute Gasteiger partial charge is 0.457 e. The van der Waals surface area contributed by atoms with Crippen LogP contribution in [0.1, 0.15) is 30.7 Å². The summed E-state index contributed by atoms with van der Waals surface area (Å²) >= 11 is 0. The largest absolute Gasteiger partial charge is 0.573 e. The highest BCUT2D eigenvalue weighted by Crippen LogP contribution is 2.37. The highest BCUT2D eigenvalue weighted by Gasteiger charge is 2.31. The second-order valence-corrected chi connectivity index (χ2v) is 7.52. The molecule has 0 bridgehead atoms. The number of rotatable bonds is 9. The Morgan fingerprint density at radius 2 is 1.69 bits per heavy atom. The van der Waals surface area contributed by atoms with E-state index in [-0.39, 0.29) is 19.0 Å². The van der Waals surface area contributed by atoms with Gasteiger partial charge in [0.2, 0.25) is 0 Å². The third kappa shape index (κ3) is 6.98. The van der Waals surface area contributed by atoms with Crippen LogP contribution in [0.25, 0.3) is 10.9 Å². The van der Waals surface area contributed by atoms with Gasteiger partial charge in [-0.05, 0) is 69.2 Å². The van der Waals surface area contributed by atoms with Crippen molar-refractivity contribution in [2.24, 2.45) is 0 Å². The molecule has 0 saturated heterocycles. The Morgan fingerprint density at radius 3 is 2.31 bits per heavy atom. The SMILES string of the molecule is CCOCCOC(=O)Oc1c(C)c(CC)nc2cc(C)c(Oc3ccc(OC(F)(F)F)cc3)cc12. The standard InChI is InChI=1S/C25H26F3NO6/c1-5-20-16(4)23(34-24(30)32-12-11-31-6-2)19-14-22(15(3)13-21(19)29-20)33-17-7-9-18(10-8-17)35-25(26,27)28/h7-10,13-14H,5-6,11-12H2,1-4H3. The maximum Gasteiger partial charge on any atom is 0.573 e. The number of carbonyl (C=O) groups is 1. The zero-order chi connectivity index (χ0) is 25.6. The van der Waals surface area contributed by atoms with Crippen LogP contribution in [0.5, 0.6) is 23.0 Å². The maximum atomic E-state index is 12.4. The minimum atomic E-state index is -4.78. The molecule has 0 fully saturated rings. The van der Waals surface area contributed by atoms with Crippen LogP contribution in [0.4, 0.5) is 18.0 Å². The topological polar surface area (TPSA) is 76.1 Å². The van der Waals surface area contributed by atoms with Crippen molar-refractivity contribution >= 4 is 17.1 Å². The third-order valence-electron chi connectivity index (χ3n) is 5.02. The number of hydrogen-bond acceptors (Lipinski definition) is 7. The number of halogens is 3. The fourth-order valence-corrected chi connectivity index (χ4v) is 3.37. The molecule has 0 saturated carbocycles. The molecule has 0 atom stereocenters. The summed E-state index contributed by atoms with van der Waals surface area (Å²) in [6, 6.07) is 8.50. The van der Waals surface area contributed by atoms with Crippen molar-refractivity contribution in [1.29, 1.82) is 0 Å². The molecule has 10 heteroatoms. The minimum absolute atomic E-state index is 0.0525. The molecule has 2 aromatic carbocycles. The highest BCUT2D eigenvalue weighted by atomic mass is 19.4. The summed E-state index contributed by atoms with van der Waals surface area (Å²) in [7, 11) is 0. The van der Waals surface area contributed by atoms with Gasteiger partial charge in [0.15, 0.2) is 0 Å². The number of ether oxygens (including phenoxy) is 5. The van der Waals surface area contributed by atoms with E-state index in [1.807, 2.05) is 20.8 Å². The quantitative estimate of drug-likeness (QED) is 0.244. The van der Waals surface area contributed by atoms with E-state index in [9.17, 15) is 18.0 Å². The number of benzene rings is 2. The first-order chi connectivity index (χ1) is 16.6. The average Bonchev–Trinajstić information content (AvgIpc) is 2.79. The molecule has 0 radical (unpaired) electrons. The number of alkyl halides is 3. The number of carbonyl (C=O) groups excluding carboxylic acids is 1. The Labute approximate surface area is 200 Å². The van der Waals surface area contributed by atoms with E-state index in [0.717, 1.165) is 23.4 Å². The molecule has 1 aromatic heterocycles. The highest BCUT2D eigenvalue weighted by molar-refractivity contribution is 5.90. The normalized spacial score (nSPS) is 11.4. The lowest BCUT2D eigenvalue weighted by molar-refractivity contribution is -0.274. The molecule has 3 rings (SSSR count). The van der Waals surface area contributed by atoms with E-state index in [1.165, 1.54) is 12.1 Å². The van der Waals surface area contributed by atoms with E-state index in [2.05, 4.69) is 9.72 Å². The Bertz CT molecular complexity index is 1180. The Balaban J connectivity index is 1.91. The van der Waals surface area contributed by atoms with Crippen LogP contribution in [-0.4, -0.2) is 37.3 Å². The van der Waals surface area contributed by atoms with Crippen molar-refractivity contribution in [2.75, 3.05) is 19.8 Å². The van der Waals surface area contributed by atoms with Gasteiger partial charge in [-0.15, -0.1) is 13.2 Å². The summed E-state index contributed by atoms with van der Waals surface area (Å²) in [5.41, 5.74) is 2.79.